The van der Waals surface area contributed by atoms with Crippen LogP contribution in [0.5, 0.6) is 0 Å². The second-order valence-corrected chi connectivity index (χ2v) is 6.94. The van der Waals surface area contributed by atoms with E-state index in [0.717, 1.165) is 12.3 Å². The lowest BCUT2D eigenvalue weighted by Gasteiger charge is -2.08. The van der Waals surface area contributed by atoms with E-state index in [0.29, 0.717) is 17.2 Å². The Balaban J connectivity index is 2.02. The molecule has 8 heteroatoms. The van der Waals surface area contributed by atoms with Crippen molar-refractivity contribution < 1.29 is 13.2 Å². The first-order valence-corrected chi connectivity index (χ1v) is 7.05. The summed E-state index contributed by atoms with van der Waals surface area (Å²) in [6.07, 6.45) is -2.98. The number of thioether (sulfide) groups is 1. The van der Waals surface area contributed by atoms with Crippen molar-refractivity contribution in [2.24, 2.45) is 5.92 Å². The molecule has 1 nitrogen and oxygen atoms in total. The molecule has 0 amide bonds. The van der Waals surface area contributed by atoms with E-state index in [1.54, 1.807) is 0 Å². The minimum atomic E-state index is -4.43. The van der Waals surface area contributed by atoms with Crippen molar-refractivity contribution in [3.05, 3.63) is 22.8 Å². The Morgan fingerprint density at radius 3 is 2.50 bits per heavy atom. The van der Waals surface area contributed by atoms with Crippen LogP contribution in [-0.4, -0.2) is 15.1 Å². The Morgan fingerprint density at radius 2 is 2.06 bits per heavy atom. The van der Waals surface area contributed by atoms with E-state index in [1.165, 1.54) is 11.8 Å². The number of halogens is 6. The zero-order valence-corrected chi connectivity index (χ0v) is 11.9. The molecule has 0 bridgehead atoms. The van der Waals surface area contributed by atoms with Crippen LogP contribution in [0.4, 0.5) is 13.2 Å². The van der Waals surface area contributed by atoms with Crippen LogP contribution in [0.25, 0.3) is 0 Å². The van der Waals surface area contributed by atoms with Crippen LogP contribution in [0.3, 0.4) is 0 Å². The van der Waals surface area contributed by atoms with Gasteiger partial charge in [-0.1, -0.05) is 11.6 Å². The van der Waals surface area contributed by atoms with E-state index in [1.807, 2.05) is 0 Å². The molecule has 0 spiro atoms. The summed E-state index contributed by atoms with van der Waals surface area (Å²) in [6.45, 7) is 0. The maximum Gasteiger partial charge on any atom is 0.417 e. The summed E-state index contributed by atoms with van der Waals surface area (Å²) in [5, 5.41) is 0.353. The lowest BCUT2D eigenvalue weighted by atomic mass is 10.3. The van der Waals surface area contributed by atoms with Gasteiger partial charge in [-0.05, 0) is 12.5 Å². The maximum absolute atomic E-state index is 12.4. The Bertz CT molecular complexity index is 464. The van der Waals surface area contributed by atoms with Crippen LogP contribution in [0.1, 0.15) is 12.0 Å². The molecular formula is C10H7Cl3F3NS. The highest BCUT2D eigenvalue weighted by atomic mass is 35.5. The molecule has 1 atom stereocenters. The predicted molar refractivity (Wildman–Crippen MR) is 67.5 cm³/mol. The van der Waals surface area contributed by atoms with E-state index in [2.05, 4.69) is 4.98 Å². The second-order valence-electron chi connectivity index (χ2n) is 3.98. The normalized spacial score (nSPS) is 22.0. The van der Waals surface area contributed by atoms with E-state index < -0.39 is 16.1 Å². The molecule has 1 aromatic heterocycles. The fourth-order valence-electron chi connectivity index (χ4n) is 1.32. The maximum atomic E-state index is 12.4. The molecule has 0 aromatic carbocycles. The van der Waals surface area contributed by atoms with Crippen LogP contribution in [0.2, 0.25) is 5.02 Å². The van der Waals surface area contributed by atoms with Gasteiger partial charge in [0.15, 0.2) is 0 Å². The summed E-state index contributed by atoms with van der Waals surface area (Å²) in [7, 11) is 0. The number of aromatic nitrogens is 1. The van der Waals surface area contributed by atoms with Gasteiger partial charge >= 0.3 is 6.18 Å². The summed E-state index contributed by atoms with van der Waals surface area (Å²) < 4.78 is 36.5. The summed E-state index contributed by atoms with van der Waals surface area (Å²) >= 11 is 18.7. The van der Waals surface area contributed by atoms with Crippen molar-refractivity contribution >= 4 is 46.6 Å². The minimum Gasteiger partial charge on any atom is -0.248 e. The SMILES string of the molecule is FC(F)(F)c1cnc(SC[C@@H]2CC2(Cl)Cl)c(Cl)c1. The van der Waals surface area contributed by atoms with Gasteiger partial charge < -0.3 is 0 Å². The number of pyridine rings is 1. The van der Waals surface area contributed by atoms with Crippen molar-refractivity contribution in [2.75, 3.05) is 5.75 Å². The van der Waals surface area contributed by atoms with Crippen molar-refractivity contribution in [1.29, 1.82) is 0 Å². The first-order valence-electron chi connectivity index (χ1n) is 4.93. The molecule has 1 aliphatic carbocycles. The highest BCUT2D eigenvalue weighted by Crippen LogP contribution is 2.55. The summed E-state index contributed by atoms with van der Waals surface area (Å²) in [6, 6.07) is 0.873. The smallest absolute Gasteiger partial charge is 0.248 e. The molecule has 100 valence electrons. The fraction of sp³-hybridized carbons (Fsp3) is 0.500. The van der Waals surface area contributed by atoms with Gasteiger partial charge in [0, 0.05) is 17.9 Å². The topological polar surface area (TPSA) is 12.9 Å². The van der Waals surface area contributed by atoms with Gasteiger partial charge in [0.05, 0.1) is 10.6 Å². The molecule has 1 aliphatic rings. The average Bonchev–Trinajstić information content (AvgIpc) is 2.83. The standard InChI is InChI=1S/C10H7Cl3F3NS/c11-7-1-5(10(14,15)16)3-17-8(7)18-4-6-2-9(6,12)13/h1,3,6H,2,4H2/t6-/m0/s1. The Labute approximate surface area is 121 Å². The largest absolute Gasteiger partial charge is 0.417 e. The number of hydrogen-bond acceptors (Lipinski definition) is 2. The van der Waals surface area contributed by atoms with E-state index in [-0.39, 0.29) is 10.9 Å². The third-order valence-electron chi connectivity index (χ3n) is 2.51. The second kappa shape index (κ2) is 4.93. The highest BCUT2D eigenvalue weighted by molar-refractivity contribution is 7.99. The van der Waals surface area contributed by atoms with Gasteiger partial charge in [-0.2, -0.15) is 13.2 Å². The third-order valence-corrected chi connectivity index (χ3v) is 5.01. The fourth-order valence-corrected chi connectivity index (χ4v) is 3.44. The van der Waals surface area contributed by atoms with Crippen LogP contribution in [0.15, 0.2) is 17.3 Å². The number of alkyl halides is 5. The van der Waals surface area contributed by atoms with Crippen LogP contribution in [0, 0.1) is 5.92 Å². The van der Waals surface area contributed by atoms with Crippen molar-refractivity contribution in [3.8, 4) is 0 Å². The number of nitrogens with zero attached hydrogens (tertiary/aromatic N) is 1. The molecule has 1 aromatic rings. The predicted octanol–water partition coefficient (Wildman–Crippen LogP) is 5.04. The molecule has 2 rings (SSSR count). The van der Waals surface area contributed by atoms with E-state index in [4.69, 9.17) is 34.8 Å². The van der Waals surface area contributed by atoms with Gasteiger partial charge in [-0.3, -0.25) is 0 Å². The zero-order valence-electron chi connectivity index (χ0n) is 8.77. The molecular weight excluding hydrogens is 330 g/mol. The van der Waals surface area contributed by atoms with Gasteiger partial charge in [-0.15, -0.1) is 35.0 Å². The molecule has 1 saturated carbocycles. The van der Waals surface area contributed by atoms with Crippen LogP contribution in [-0.2, 0) is 6.18 Å². The Morgan fingerprint density at radius 1 is 1.44 bits per heavy atom. The van der Waals surface area contributed by atoms with Gasteiger partial charge in [0.2, 0.25) is 0 Å². The van der Waals surface area contributed by atoms with E-state index in [9.17, 15) is 13.2 Å². The minimum absolute atomic E-state index is 0.00906. The number of rotatable bonds is 3. The molecule has 0 aliphatic heterocycles. The van der Waals surface area contributed by atoms with Crippen molar-refractivity contribution in [3.63, 3.8) is 0 Å². The number of hydrogen-bond donors (Lipinski definition) is 0. The Hall–Kier alpha value is 0.160. The third kappa shape index (κ3) is 3.38. The van der Waals surface area contributed by atoms with Crippen LogP contribution >= 0.6 is 46.6 Å². The summed E-state index contributed by atoms with van der Waals surface area (Å²) in [5.74, 6) is 0.719. The first kappa shape index (κ1) is 14.6. The first-order chi connectivity index (χ1) is 8.20. The molecule has 0 unspecified atom stereocenters. The average molecular weight is 337 g/mol. The lowest BCUT2D eigenvalue weighted by molar-refractivity contribution is -0.137. The highest BCUT2D eigenvalue weighted by Gasteiger charge is 2.51. The molecule has 1 fully saturated rings. The zero-order chi connectivity index (χ0) is 13.6. The molecule has 0 saturated heterocycles. The quantitative estimate of drug-likeness (QED) is 0.566. The lowest BCUT2D eigenvalue weighted by Crippen LogP contribution is -2.05. The molecule has 18 heavy (non-hydrogen) atoms. The monoisotopic (exact) mass is 335 g/mol. The van der Waals surface area contributed by atoms with E-state index >= 15 is 0 Å². The van der Waals surface area contributed by atoms with Crippen molar-refractivity contribution in [1.82, 2.24) is 4.98 Å². The van der Waals surface area contributed by atoms with Gasteiger partial charge in [0.25, 0.3) is 0 Å². The Kier molecular flexibility index (Phi) is 3.99. The molecule has 1 heterocycles. The van der Waals surface area contributed by atoms with Crippen LogP contribution < -0.4 is 0 Å². The summed E-state index contributed by atoms with van der Waals surface area (Å²) in [5.41, 5.74) is -0.854. The van der Waals surface area contributed by atoms with Gasteiger partial charge in [0.1, 0.15) is 9.36 Å². The molecule has 0 radical (unpaired) electrons. The van der Waals surface area contributed by atoms with Gasteiger partial charge in [-0.25, -0.2) is 4.98 Å². The molecule has 0 N–H and O–H groups in total. The summed E-state index contributed by atoms with van der Waals surface area (Å²) in [4.78, 5) is 3.72. The van der Waals surface area contributed by atoms with Crippen molar-refractivity contribution in [2.45, 2.75) is 22.0 Å².